The highest BCUT2D eigenvalue weighted by Gasteiger charge is 2.06. The number of tetrazole rings is 1. The van der Waals surface area contributed by atoms with Gasteiger partial charge in [-0.25, -0.2) is 0 Å². The molecule has 0 bridgehead atoms. The molecule has 2 heterocycles. The third-order valence-electron chi connectivity index (χ3n) is 3.31. The molecule has 0 saturated heterocycles. The van der Waals surface area contributed by atoms with Gasteiger partial charge in [-0.3, -0.25) is 9.48 Å². The molecule has 3 rings (SSSR count). The maximum atomic E-state index is 11.9. The number of nitrogens with zero attached hydrogens (tertiary/aromatic N) is 7. The molecule has 0 unspecified atom stereocenters. The van der Waals surface area contributed by atoms with Gasteiger partial charge in [-0.1, -0.05) is 17.3 Å². The van der Waals surface area contributed by atoms with E-state index >= 15 is 0 Å². The summed E-state index contributed by atoms with van der Waals surface area (Å²) in [6.07, 6.45) is 3.69. The molecular formula is C14H16N8O. The fourth-order valence-electron chi connectivity index (χ4n) is 2.14. The highest BCUT2D eigenvalue weighted by atomic mass is 16.1. The van der Waals surface area contributed by atoms with E-state index in [0.29, 0.717) is 25.3 Å². The summed E-state index contributed by atoms with van der Waals surface area (Å²) in [6.45, 7) is 2.95. The summed E-state index contributed by atoms with van der Waals surface area (Å²) in [6, 6.07) is 7.57. The van der Waals surface area contributed by atoms with E-state index in [0.717, 1.165) is 11.3 Å². The number of carbonyl (C=O) groups excluding carboxylic acids is 1. The first-order chi connectivity index (χ1) is 11.2. The number of nitrogens with one attached hydrogen (secondary N) is 1. The fraction of sp³-hybridized carbons (Fsp3) is 0.286. The van der Waals surface area contributed by atoms with Crippen molar-refractivity contribution in [2.75, 3.05) is 6.54 Å². The van der Waals surface area contributed by atoms with Crippen LogP contribution >= 0.6 is 0 Å². The Hall–Kier alpha value is -3.10. The molecule has 9 heteroatoms. The highest BCUT2D eigenvalue weighted by molar-refractivity contribution is 5.78. The van der Waals surface area contributed by atoms with E-state index < -0.39 is 0 Å². The van der Waals surface area contributed by atoms with Gasteiger partial charge in [0.2, 0.25) is 5.91 Å². The zero-order valence-corrected chi connectivity index (χ0v) is 12.6. The minimum absolute atomic E-state index is 0.0310. The summed E-state index contributed by atoms with van der Waals surface area (Å²) in [5, 5.41) is 21.8. The Balaban J connectivity index is 1.51. The van der Waals surface area contributed by atoms with Crippen LogP contribution in [0.25, 0.3) is 5.69 Å². The molecule has 0 aliphatic heterocycles. The normalized spacial score (nSPS) is 10.7. The van der Waals surface area contributed by atoms with Crippen LogP contribution in [0.3, 0.4) is 0 Å². The summed E-state index contributed by atoms with van der Waals surface area (Å²) in [4.78, 5) is 11.9. The van der Waals surface area contributed by atoms with Gasteiger partial charge < -0.3 is 5.32 Å². The van der Waals surface area contributed by atoms with E-state index in [4.69, 9.17) is 0 Å². The predicted molar refractivity (Wildman–Crippen MR) is 80.6 cm³/mol. The molecule has 0 radical (unpaired) electrons. The van der Waals surface area contributed by atoms with E-state index in [2.05, 4.69) is 31.2 Å². The Morgan fingerprint density at radius 1 is 1.22 bits per heavy atom. The van der Waals surface area contributed by atoms with Crippen molar-refractivity contribution < 1.29 is 4.79 Å². The topological polar surface area (TPSA) is 103 Å². The molecule has 2 aromatic heterocycles. The number of benzene rings is 1. The molecule has 0 atom stereocenters. The van der Waals surface area contributed by atoms with E-state index in [1.54, 1.807) is 21.8 Å². The maximum absolute atomic E-state index is 11.9. The Morgan fingerprint density at radius 2 is 2.04 bits per heavy atom. The number of hydrogen-bond acceptors (Lipinski definition) is 6. The van der Waals surface area contributed by atoms with Crippen LogP contribution < -0.4 is 5.32 Å². The second-order valence-corrected chi connectivity index (χ2v) is 5.00. The molecule has 0 saturated carbocycles. The molecule has 118 valence electrons. The van der Waals surface area contributed by atoms with Crippen molar-refractivity contribution in [3.8, 4) is 5.69 Å². The second kappa shape index (κ2) is 6.77. The van der Waals surface area contributed by atoms with Crippen molar-refractivity contribution >= 4 is 5.91 Å². The average Bonchev–Trinajstić information content (AvgIpc) is 3.20. The van der Waals surface area contributed by atoms with Crippen LogP contribution in [0.15, 0.2) is 36.7 Å². The van der Waals surface area contributed by atoms with Gasteiger partial charge in [0.15, 0.2) is 5.82 Å². The van der Waals surface area contributed by atoms with Crippen LogP contribution in [0.5, 0.6) is 0 Å². The standard InChI is InChI=1S/C14H16N8O/c1-11-17-18-20-22(11)13-4-2-12(3-5-13)10-14(23)15-6-8-21-9-7-16-19-21/h2-5,7,9H,6,8,10H2,1H3,(H,15,23). The maximum Gasteiger partial charge on any atom is 0.224 e. The highest BCUT2D eigenvalue weighted by Crippen LogP contribution is 2.10. The molecule has 0 aliphatic carbocycles. The van der Waals surface area contributed by atoms with Crippen LogP contribution in [0.1, 0.15) is 11.4 Å². The van der Waals surface area contributed by atoms with Crippen molar-refractivity contribution in [3.63, 3.8) is 0 Å². The van der Waals surface area contributed by atoms with Crippen LogP contribution in [0.2, 0.25) is 0 Å². The van der Waals surface area contributed by atoms with E-state index in [1.807, 2.05) is 31.2 Å². The minimum atomic E-state index is -0.0310. The molecule has 23 heavy (non-hydrogen) atoms. The number of amides is 1. The third kappa shape index (κ3) is 3.76. The molecule has 1 N–H and O–H groups in total. The van der Waals surface area contributed by atoms with Crippen molar-refractivity contribution in [1.82, 2.24) is 40.5 Å². The lowest BCUT2D eigenvalue weighted by atomic mass is 10.1. The third-order valence-corrected chi connectivity index (χ3v) is 3.31. The lowest BCUT2D eigenvalue weighted by molar-refractivity contribution is -0.120. The molecule has 0 spiro atoms. The quantitative estimate of drug-likeness (QED) is 0.683. The Bertz CT molecular complexity index is 762. The molecule has 1 amide bonds. The first kappa shape index (κ1) is 14.8. The molecule has 9 nitrogen and oxygen atoms in total. The van der Waals surface area contributed by atoms with Crippen LogP contribution in [-0.2, 0) is 17.8 Å². The van der Waals surface area contributed by atoms with Gasteiger partial charge in [0.1, 0.15) is 0 Å². The van der Waals surface area contributed by atoms with Crippen molar-refractivity contribution in [3.05, 3.63) is 48.0 Å². The molecule has 0 fully saturated rings. The zero-order chi connectivity index (χ0) is 16.1. The minimum Gasteiger partial charge on any atom is -0.354 e. The van der Waals surface area contributed by atoms with E-state index in [-0.39, 0.29) is 5.91 Å². The van der Waals surface area contributed by atoms with Crippen LogP contribution in [-0.4, -0.2) is 47.7 Å². The lowest BCUT2D eigenvalue weighted by Crippen LogP contribution is -2.28. The van der Waals surface area contributed by atoms with Gasteiger partial charge in [0, 0.05) is 12.7 Å². The van der Waals surface area contributed by atoms with Crippen molar-refractivity contribution in [2.24, 2.45) is 0 Å². The summed E-state index contributed by atoms with van der Waals surface area (Å²) in [5.41, 5.74) is 1.79. The van der Waals surface area contributed by atoms with E-state index in [1.165, 1.54) is 0 Å². The summed E-state index contributed by atoms with van der Waals surface area (Å²) < 4.78 is 3.31. The molecular weight excluding hydrogens is 296 g/mol. The van der Waals surface area contributed by atoms with Gasteiger partial charge in [-0.05, 0) is 35.0 Å². The molecule has 1 aromatic carbocycles. The monoisotopic (exact) mass is 312 g/mol. The molecule has 3 aromatic rings. The average molecular weight is 312 g/mol. The van der Waals surface area contributed by atoms with E-state index in [9.17, 15) is 4.79 Å². The summed E-state index contributed by atoms with van der Waals surface area (Å²) in [7, 11) is 0. The predicted octanol–water partition coefficient (Wildman–Crippen LogP) is -0.0789. The largest absolute Gasteiger partial charge is 0.354 e. The Kier molecular flexibility index (Phi) is 4.37. The fourth-order valence-corrected chi connectivity index (χ4v) is 2.14. The Morgan fingerprint density at radius 3 is 2.70 bits per heavy atom. The van der Waals surface area contributed by atoms with Gasteiger partial charge in [0.25, 0.3) is 0 Å². The molecule has 0 aliphatic rings. The van der Waals surface area contributed by atoms with Crippen molar-refractivity contribution in [1.29, 1.82) is 0 Å². The van der Waals surface area contributed by atoms with Crippen LogP contribution in [0, 0.1) is 6.92 Å². The zero-order valence-electron chi connectivity index (χ0n) is 12.6. The Labute approximate surface area is 132 Å². The number of aryl methyl sites for hydroxylation is 1. The van der Waals surface area contributed by atoms with Crippen LogP contribution in [0.4, 0.5) is 0 Å². The summed E-state index contributed by atoms with van der Waals surface area (Å²) in [5.74, 6) is 0.681. The van der Waals surface area contributed by atoms with Crippen molar-refractivity contribution in [2.45, 2.75) is 19.9 Å². The number of rotatable bonds is 6. The van der Waals surface area contributed by atoms with Gasteiger partial charge in [-0.2, -0.15) is 4.68 Å². The SMILES string of the molecule is Cc1nnnn1-c1ccc(CC(=O)NCCn2ccnn2)cc1. The first-order valence-electron chi connectivity index (χ1n) is 7.17. The second-order valence-electron chi connectivity index (χ2n) is 5.00. The number of aromatic nitrogens is 7. The first-order valence-corrected chi connectivity index (χ1v) is 7.17. The lowest BCUT2D eigenvalue weighted by Gasteiger charge is -2.06. The number of hydrogen-bond donors (Lipinski definition) is 1. The number of carbonyl (C=O) groups is 1. The van der Waals surface area contributed by atoms with Gasteiger partial charge >= 0.3 is 0 Å². The summed E-state index contributed by atoms with van der Waals surface area (Å²) >= 11 is 0. The smallest absolute Gasteiger partial charge is 0.224 e. The van der Waals surface area contributed by atoms with Gasteiger partial charge in [0.05, 0.1) is 24.8 Å². The van der Waals surface area contributed by atoms with Gasteiger partial charge in [-0.15, -0.1) is 10.2 Å².